The van der Waals surface area contributed by atoms with Crippen molar-refractivity contribution in [3.05, 3.63) is 0 Å². The Hall–Kier alpha value is 0.160. The minimum Gasteiger partial charge on any atom is -0.345 e. The van der Waals surface area contributed by atoms with E-state index in [1.165, 1.54) is 10.8 Å². The molecule has 0 aliphatic carbocycles. The number of halogens is 1. The minimum absolute atomic E-state index is 0.269. The molecular formula is C9H17IN2O. The van der Waals surface area contributed by atoms with Gasteiger partial charge in [-0.3, -0.25) is 9.69 Å². The lowest BCUT2D eigenvalue weighted by Crippen LogP contribution is -2.34. The molecule has 0 N–H and O–H groups in total. The van der Waals surface area contributed by atoms with Crippen molar-refractivity contribution < 1.29 is 4.79 Å². The van der Waals surface area contributed by atoms with Crippen LogP contribution in [0.15, 0.2) is 0 Å². The molecule has 0 atom stereocenters. The molecule has 0 saturated carbocycles. The molecule has 0 aromatic carbocycles. The molecule has 4 heteroatoms. The fourth-order valence-electron chi connectivity index (χ4n) is 1.52. The summed E-state index contributed by atoms with van der Waals surface area (Å²) in [5.41, 5.74) is 0. The summed E-state index contributed by atoms with van der Waals surface area (Å²) < 4.78 is 1.18. The monoisotopic (exact) mass is 296 g/mol. The molecule has 3 nitrogen and oxygen atoms in total. The van der Waals surface area contributed by atoms with E-state index in [-0.39, 0.29) is 5.91 Å². The number of hydrogen-bond donors (Lipinski definition) is 0. The van der Waals surface area contributed by atoms with Crippen LogP contribution in [0.5, 0.6) is 0 Å². The molecule has 76 valence electrons. The van der Waals surface area contributed by atoms with Crippen LogP contribution >= 0.6 is 22.6 Å². The smallest absolute Gasteiger partial charge is 0.236 e. The van der Waals surface area contributed by atoms with Crippen LogP contribution in [0.25, 0.3) is 0 Å². The lowest BCUT2D eigenvalue weighted by molar-refractivity contribution is -0.129. The van der Waals surface area contributed by atoms with E-state index in [4.69, 9.17) is 0 Å². The molecule has 1 saturated heterocycles. The van der Waals surface area contributed by atoms with Gasteiger partial charge in [0.15, 0.2) is 0 Å². The van der Waals surface area contributed by atoms with Crippen LogP contribution in [0.3, 0.4) is 0 Å². The predicted molar refractivity (Wildman–Crippen MR) is 62.2 cm³/mol. The molecule has 0 unspecified atom stereocenters. The number of carbonyl (C=O) groups excluding carboxylic acids is 1. The summed E-state index contributed by atoms with van der Waals surface area (Å²) in [7, 11) is 1.89. The predicted octanol–water partition coefficient (Wildman–Crippen LogP) is 0.976. The first-order valence-electron chi connectivity index (χ1n) is 4.76. The van der Waals surface area contributed by atoms with Crippen LogP contribution < -0.4 is 0 Å². The molecule has 1 heterocycles. The summed E-state index contributed by atoms with van der Waals surface area (Å²) in [5, 5.41) is 0. The van der Waals surface area contributed by atoms with E-state index in [0.29, 0.717) is 6.54 Å². The summed E-state index contributed by atoms with van der Waals surface area (Å²) in [6, 6.07) is 0. The van der Waals surface area contributed by atoms with Crippen LogP contribution in [0, 0.1) is 0 Å². The summed E-state index contributed by atoms with van der Waals surface area (Å²) in [6.07, 6.45) is 2.31. The fourth-order valence-corrected chi connectivity index (χ4v) is 1.86. The normalized spacial score (nSPS) is 20.5. The van der Waals surface area contributed by atoms with Gasteiger partial charge in [0.1, 0.15) is 0 Å². The van der Waals surface area contributed by atoms with Gasteiger partial charge >= 0.3 is 0 Å². The first kappa shape index (κ1) is 11.2. The minimum atomic E-state index is 0.269. The second-order valence-electron chi connectivity index (χ2n) is 3.49. The van der Waals surface area contributed by atoms with E-state index in [0.717, 1.165) is 26.1 Å². The first-order valence-corrected chi connectivity index (χ1v) is 6.29. The maximum Gasteiger partial charge on any atom is 0.236 e. The number of rotatable bonds is 3. The van der Waals surface area contributed by atoms with Crippen LogP contribution in [0.1, 0.15) is 12.8 Å². The highest BCUT2D eigenvalue weighted by Crippen LogP contribution is 2.03. The Kier molecular flexibility index (Phi) is 5.01. The van der Waals surface area contributed by atoms with E-state index in [1.807, 2.05) is 11.9 Å². The molecule has 0 spiro atoms. The Balaban J connectivity index is 2.35. The quantitative estimate of drug-likeness (QED) is 0.572. The molecule has 0 radical (unpaired) electrons. The molecule has 1 amide bonds. The number of amides is 1. The second-order valence-corrected chi connectivity index (χ2v) is 4.57. The standard InChI is InChI=1S/C9H17IN2O/c1-11-5-3-7-12(6-2-4-10)8-9(11)13/h2-8H2,1H3. The Labute approximate surface area is 93.6 Å². The summed E-state index contributed by atoms with van der Waals surface area (Å²) in [5.74, 6) is 0.269. The van der Waals surface area contributed by atoms with Crippen LogP contribution in [0.2, 0.25) is 0 Å². The lowest BCUT2D eigenvalue weighted by Gasteiger charge is -2.18. The van der Waals surface area contributed by atoms with Crippen molar-refractivity contribution in [1.82, 2.24) is 9.80 Å². The Morgan fingerprint density at radius 1 is 1.46 bits per heavy atom. The molecule has 1 aliphatic heterocycles. The number of alkyl halides is 1. The summed E-state index contributed by atoms with van der Waals surface area (Å²) in [6.45, 7) is 3.68. The van der Waals surface area contributed by atoms with Crippen molar-refractivity contribution in [1.29, 1.82) is 0 Å². The van der Waals surface area contributed by atoms with E-state index in [9.17, 15) is 4.79 Å². The Morgan fingerprint density at radius 2 is 2.23 bits per heavy atom. The van der Waals surface area contributed by atoms with Gasteiger partial charge in [0.25, 0.3) is 0 Å². The second kappa shape index (κ2) is 5.80. The zero-order valence-electron chi connectivity index (χ0n) is 8.13. The largest absolute Gasteiger partial charge is 0.345 e. The number of hydrogen-bond acceptors (Lipinski definition) is 2. The highest BCUT2D eigenvalue weighted by atomic mass is 127. The SMILES string of the molecule is CN1CCCN(CCCI)CC1=O. The topological polar surface area (TPSA) is 23.6 Å². The third kappa shape index (κ3) is 3.81. The Morgan fingerprint density at radius 3 is 2.92 bits per heavy atom. The average Bonchev–Trinajstić information content (AvgIpc) is 2.26. The number of nitrogens with zero attached hydrogens (tertiary/aromatic N) is 2. The van der Waals surface area contributed by atoms with Gasteiger partial charge in [-0.2, -0.15) is 0 Å². The summed E-state index contributed by atoms with van der Waals surface area (Å²) >= 11 is 2.38. The Bertz CT molecular complexity index is 173. The van der Waals surface area contributed by atoms with Gasteiger partial charge in [0.05, 0.1) is 6.54 Å². The van der Waals surface area contributed by atoms with Crippen molar-refractivity contribution in [2.75, 3.05) is 37.7 Å². The van der Waals surface area contributed by atoms with Gasteiger partial charge in [-0.15, -0.1) is 0 Å². The summed E-state index contributed by atoms with van der Waals surface area (Å²) in [4.78, 5) is 15.6. The molecule has 1 fully saturated rings. The highest BCUT2D eigenvalue weighted by molar-refractivity contribution is 14.1. The van der Waals surface area contributed by atoms with Gasteiger partial charge in [-0.25, -0.2) is 0 Å². The molecule has 0 bridgehead atoms. The van der Waals surface area contributed by atoms with Crippen molar-refractivity contribution in [3.8, 4) is 0 Å². The number of likely N-dealkylation sites (N-methyl/N-ethyl adjacent to an activating group) is 1. The lowest BCUT2D eigenvalue weighted by atomic mass is 10.3. The van der Waals surface area contributed by atoms with Crippen molar-refractivity contribution in [2.45, 2.75) is 12.8 Å². The molecule has 1 aliphatic rings. The zero-order chi connectivity index (χ0) is 9.68. The maximum atomic E-state index is 11.5. The molecular weight excluding hydrogens is 279 g/mol. The first-order chi connectivity index (χ1) is 6.24. The number of carbonyl (C=O) groups is 1. The van der Waals surface area contributed by atoms with Crippen molar-refractivity contribution in [3.63, 3.8) is 0 Å². The van der Waals surface area contributed by atoms with Crippen molar-refractivity contribution in [2.24, 2.45) is 0 Å². The van der Waals surface area contributed by atoms with Gasteiger partial charge in [-0.05, 0) is 19.4 Å². The van der Waals surface area contributed by atoms with Gasteiger partial charge in [-0.1, -0.05) is 22.6 Å². The highest BCUT2D eigenvalue weighted by Gasteiger charge is 2.17. The van der Waals surface area contributed by atoms with E-state index in [1.54, 1.807) is 0 Å². The molecule has 13 heavy (non-hydrogen) atoms. The fraction of sp³-hybridized carbons (Fsp3) is 0.889. The van der Waals surface area contributed by atoms with Gasteiger partial charge in [0.2, 0.25) is 5.91 Å². The van der Waals surface area contributed by atoms with Gasteiger partial charge < -0.3 is 4.90 Å². The van der Waals surface area contributed by atoms with E-state index >= 15 is 0 Å². The van der Waals surface area contributed by atoms with E-state index < -0.39 is 0 Å². The van der Waals surface area contributed by atoms with Crippen molar-refractivity contribution >= 4 is 28.5 Å². The molecule has 0 aromatic heterocycles. The van der Waals surface area contributed by atoms with Crippen LogP contribution in [-0.2, 0) is 4.79 Å². The molecule has 0 aromatic rings. The third-order valence-electron chi connectivity index (χ3n) is 2.36. The van der Waals surface area contributed by atoms with Crippen LogP contribution in [-0.4, -0.2) is 53.4 Å². The molecule has 1 rings (SSSR count). The zero-order valence-corrected chi connectivity index (χ0v) is 10.3. The average molecular weight is 296 g/mol. The third-order valence-corrected chi connectivity index (χ3v) is 3.12. The maximum absolute atomic E-state index is 11.5. The van der Waals surface area contributed by atoms with Gasteiger partial charge in [0, 0.05) is 24.6 Å². The van der Waals surface area contributed by atoms with Crippen LogP contribution in [0.4, 0.5) is 0 Å². The van der Waals surface area contributed by atoms with E-state index in [2.05, 4.69) is 27.5 Å².